The fourth-order valence-electron chi connectivity index (χ4n) is 5.76. The quantitative estimate of drug-likeness (QED) is 0.415. The van der Waals surface area contributed by atoms with Crippen LogP contribution >= 0.6 is 11.6 Å². The SMILES string of the molecule is Cc1cc([C@@H]2C[C@@H](C(=O)N3CCN(Cc4ccccc4)CC3)CN(Cc3ccccc3Cl)C2)ccc1F. The summed E-state index contributed by atoms with van der Waals surface area (Å²) in [6.45, 7) is 8.25. The van der Waals surface area contributed by atoms with Crippen LogP contribution in [0.4, 0.5) is 4.39 Å². The largest absolute Gasteiger partial charge is 0.340 e. The second kappa shape index (κ2) is 11.8. The van der Waals surface area contributed by atoms with E-state index in [1.54, 1.807) is 13.0 Å². The van der Waals surface area contributed by atoms with Crippen molar-refractivity contribution in [3.05, 3.63) is 106 Å². The predicted molar refractivity (Wildman–Crippen MR) is 147 cm³/mol. The summed E-state index contributed by atoms with van der Waals surface area (Å²) in [6, 6.07) is 23.8. The van der Waals surface area contributed by atoms with E-state index in [4.69, 9.17) is 11.6 Å². The molecule has 0 N–H and O–H groups in total. The fourth-order valence-corrected chi connectivity index (χ4v) is 5.95. The number of piperazine rings is 1. The van der Waals surface area contributed by atoms with Crippen molar-refractivity contribution in [1.29, 1.82) is 0 Å². The first-order chi connectivity index (χ1) is 18.0. The molecule has 3 aromatic carbocycles. The van der Waals surface area contributed by atoms with Crippen molar-refractivity contribution >= 4 is 17.5 Å². The van der Waals surface area contributed by atoms with Crippen LogP contribution in [0.15, 0.2) is 72.8 Å². The van der Waals surface area contributed by atoms with E-state index in [0.717, 1.165) is 61.8 Å². The lowest BCUT2D eigenvalue weighted by molar-refractivity contribution is -0.139. The summed E-state index contributed by atoms with van der Waals surface area (Å²) >= 11 is 6.48. The van der Waals surface area contributed by atoms with Gasteiger partial charge in [0.1, 0.15) is 5.82 Å². The van der Waals surface area contributed by atoms with Crippen LogP contribution in [0.5, 0.6) is 0 Å². The Kier molecular flexibility index (Phi) is 8.23. The van der Waals surface area contributed by atoms with Crippen LogP contribution in [0.3, 0.4) is 0 Å². The van der Waals surface area contributed by atoms with E-state index in [9.17, 15) is 9.18 Å². The van der Waals surface area contributed by atoms with E-state index in [2.05, 4.69) is 45.0 Å². The van der Waals surface area contributed by atoms with E-state index in [1.807, 2.05) is 36.4 Å². The molecule has 2 aliphatic rings. The number of rotatable bonds is 6. The number of carbonyl (C=O) groups is 1. The van der Waals surface area contributed by atoms with Crippen molar-refractivity contribution < 1.29 is 9.18 Å². The van der Waals surface area contributed by atoms with Gasteiger partial charge in [0, 0.05) is 57.4 Å². The Labute approximate surface area is 224 Å². The minimum Gasteiger partial charge on any atom is -0.340 e. The summed E-state index contributed by atoms with van der Waals surface area (Å²) < 4.78 is 14.0. The normalized spacial score (nSPS) is 21.2. The van der Waals surface area contributed by atoms with E-state index in [1.165, 1.54) is 5.56 Å². The molecule has 0 unspecified atom stereocenters. The van der Waals surface area contributed by atoms with Crippen molar-refractivity contribution in [1.82, 2.24) is 14.7 Å². The number of hydrogen-bond donors (Lipinski definition) is 0. The van der Waals surface area contributed by atoms with Crippen molar-refractivity contribution in [3.8, 4) is 0 Å². The first-order valence-electron chi connectivity index (χ1n) is 13.2. The zero-order valence-electron chi connectivity index (χ0n) is 21.5. The number of likely N-dealkylation sites (tertiary alicyclic amines) is 1. The molecule has 0 spiro atoms. The van der Waals surface area contributed by atoms with E-state index < -0.39 is 0 Å². The van der Waals surface area contributed by atoms with Crippen molar-refractivity contribution in [2.24, 2.45) is 5.92 Å². The number of benzene rings is 3. The molecule has 6 heteroatoms. The van der Waals surface area contributed by atoms with E-state index in [0.29, 0.717) is 18.7 Å². The standard InChI is InChI=1S/C31H35ClFN3O/c1-23-17-25(11-12-30(23)33)27-18-28(22-35(21-27)20-26-9-5-6-10-29(26)32)31(37)36-15-13-34(14-16-36)19-24-7-3-2-4-8-24/h2-12,17,27-28H,13-16,18-22H2,1H3/t27-,28-/m1/s1. The molecule has 2 aliphatic heterocycles. The smallest absolute Gasteiger partial charge is 0.227 e. The van der Waals surface area contributed by atoms with E-state index >= 15 is 0 Å². The third kappa shape index (κ3) is 6.40. The summed E-state index contributed by atoms with van der Waals surface area (Å²) in [4.78, 5) is 20.6. The van der Waals surface area contributed by atoms with Gasteiger partial charge in [-0.1, -0.05) is 72.3 Å². The third-order valence-corrected chi connectivity index (χ3v) is 8.18. The molecule has 0 radical (unpaired) electrons. The molecule has 0 saturated carbocycles. The molecule has 2 fully saturated rings. The summed E-state index contributed by atoms with van der Waals surface area (Å²) in [5.74, 6) is 0.136. The van der Waals surface area contributed by atoms with Gasteiger partial charge < -0.3 is 4.90 Å². The molecule has 4 nitrogen and oxygen atoms in total. The second-order valence-corrected chi connectivity index (χ2v) is 10.9. The molecule has 2 atom stereocenters. The van der Waals surface area contributed by atoms with Gasteiger partial charge in [0.2, 0.25) is 5.91 Å². The highest BCUT2D eigenvalue weighted by atomic mass is 35.5. The van der Waals surface area contributed by atoms with Gasteiger partial charge in [-0.15, -0.1) is 0 Å². The summed E-state index contributed by atoms with van der Waals surface area (Å²) in [6.07, 6.45) is 0.785. The third-order valence-electron chi connectivity index (χ3n) is 7.81. The van der Waals surface area contributed by atoms with Gasteiger partial charge in [-0.2, -0.15) is 0 Å². The molecule has 3 aromatic rings. The Hall–Kier alpha value is -2.73. The molecule has 0 aromatic heterocycles. The predicted octanol–water partition coefficient (Wildman–Crippen LogP) is 5.74. The van der Waals surface area contributed by atoms with Crippen molar-refractivity contribution in [2.75, 3.05) is 39.3 Å². The molecule has 2 saturated heterocycles. The summed E-state index contributed by atoms with van der Waals surface area (Å²) in [5.41, 5.74) is 4.13. The number of amides is 1. The molecule has 194 valence electrons. The van der Waals surface area contributed by atoms with Crippen LogP contribution in [0.2, 0.25) is 5.02 Å². The highest BCUT2D eigenvalue weighted by Gasteiger charge is 2.35. The lowest BCUT2D eigenvalue weighted by Crippen LogP contribution is -2.53. The van der Waals surface area contributed by atoms with Crippen LogP contribution in [0.25, 0.3) is 0 Å². The topological polar surface area (TPSA) is 26.8 Å². The molecular weight excluding hydrogens is 485 g/mol. The Morgan fingerprint density at radius 3 is 2.35 bits per heavy atom. The number of aryl methyl sites for hydroxylation is 1. The van der Waals surface area contributed by atoms with Crippen LogP contribution < -0.4 is 0 Å². The van der Waals surface area contributed by atoms with Gasteiger partial charge in [-0.05, 0) is 53.6 Å². The lowest BCUT2D eigenvalue weighted by atomic mass is 9.83. The number of piperidine rings is 1. The molecule has 2 heterocycles. The highest BCUT2D eigenvalue weighted by molar-refractivity contribution is 6.31. The van der Waals surface area contributed by atoms with E-state index in [-0.39, 0.29) is 23.6 Å². The van der Waals surface area contributed by atoms with Gasteiger partial charge in [0.15, 0.2) is 0 Å². The Morgan fingerprint density at radius 2 is 1.62 bits per heavy atom. The number of halogens is 2. The first-order valence-corrected chi connectivity index (χ1v) is 13.6. The number of nitrogens with zero attached hydrogens (tertiary/aromatic N) is 3. The molecular formula is C31H35ClFN3O. The first kappa shape index (κ1) is 25.9. The Morgan fingerprint density at radius 1 is 0.892 bits per heavy atom. The maximum absolute atomic E-state index is 14.0. The molecule has 5 rings (SSSR count). The molecule has 37 heavy (non-hydrogen) atoms. The summed E-state index contributed by atoms with van der Waals surface area (Å²) in [7, 11) is 0. The highest BCUT2D eigenvalue weighted by Crippen LogP contribution is 2.34. The zero-order valence-corrected chi connectivity index (χ0v) is 22.2. The monoisotopic (exact) mass is 519 g/mol. The average molecular weight is 520 g/mol. The van der Waals surface area contributed by atoms with Gasteiger partial charge in [0.05, 0.1) is 5.92 Å². The van der Waals surface area contributed by atoms with Crippen molar-refractivity contribution in [2.45, 2.75) is 32.4 Å². The number of carbonyl (C=O) groups excluding carboxylic acids is 1. The molecule has 0 aliphatic carbocycles. The summed E-state index contributed by atoms with van der Waals surface area (Å²) in [5, 5.41) is 0.750. The Bertz CT molecular complexity index is 1210. The maximum atomic E-state index is 14.0. The van der Waals surface area contributed by atoms with Crippen LogP contribution in [-0.4, -0.2) is 59.9 Å². The second-order valence-electron chi connectivity index (χ2n) is 10.5. The zero-order chi connectivity index (χ0) is 25.8. The van der Waals surface area contributed by atoms with Gasteiger partial charge in [-0.25, -0.2) is 4.39 Å². The molecule has 1 amide bonds. The lowest BCUT2D eigenvalue weighted by Gasteiger charge is -2.41. The number of hydrogen-bond acceptors (Lipinski definition) is 3. The van der Waals surface area contributed by atoms with Crippen LogP contribution in [0, 0.1) is 18.7 Å². The van der Waals surface area contributed by atoms with Crippen LogP contribution in [0.1, 0.15) is 34.6 Å². The Balaban J connectivity index is 1.28. The maximum Gasteiger partial charge on any atom is 0.227 e. The fraction of sp³-hybridized carbons (Fsp3) is 0.387. The van der Waals surface area contributed by atoms with Crippen molar-refractivity contribution in [3.63, 3.8) is 0 Å². The minimum atomic E-state index is -0.187. The van der Waals surface area contributed by atoms with Gasteiger partial charge in [-0.3, -0.25) is 14.6 Å². The average Bonchev–Trinajstić information content (AvgIpc) is 2.92. The minimum absolute atomic E-state index is 0.0905. The van der Waals surface area contributed by atoms with Gasteiger partial charge >= 0.3 is 0 Å². The molecule has 0 bridgehead atoms. The van der Waals surface area contributed by atoms with Gasteiger partial charge in [0.25, 0.3) is 0 Å². The van der Waals surface area contributed by atoms with Crippen LogP contribution in [-0.2, 0) is 17.9 Å².